The number of para-hydroxylation sites is 1. The SMILES string of the molecule is O=C(COc1ccc([N+](=O)[O-])cc1)NC(=S)NNC(=O)c1ccccc1[N+](=O)[O-]. The van der Waals surface area contributed by atoms with Gasteiger partial charge in [0.05, 0.1) is 9.85 Å². The summed E-state index contributed by atoms with van der Waals surface area (Å²) in [6.07, 6.45) is 0. The van der Waals surface area contributed by atoms with Gasteiger partial charge in [-0.05, 0) is 30.4 Å². The summed E-state index contributed by atoms with van der Waals surface area (Å²) in [7, 11) is 0. The van der Waals surface area contributed by atoms with Crippen LogP contribution in [-0.4, -0.2) is 33.4 Å². The Morgan fingerprint density at radius 1 is 0.966 bits per heavy atom. The maximum absolute atomic E-state index is 12.0. The van der Waals surface area contributed by atoms with Gasteiger partial charge in [0.25, 0.3) is 23.2 Å². The Balaban J connectivity index is 1.80. The summed E-state index contributed by atoms with van der Waals surface area (Å²) in [5.41, 5.74) is 3.67. The fraction of sp³-hybridized carbons (Fsp3) is 0.0625. The number of amides is 2. The van der Waals surface area contributed by atoms with Crippen molar-refractivity contribution in [3.63, 3.8) is 0 Å². The van der Waals surface area contributed by atoms with Gasteiger partial charge in [-0.1, -0.05) is 12.1 Å². The molecule has 0 aromatic heterocycles. The van der Waals surface area contributed by atoms with Crippen molar-refractivity contribution >= 4 is 40.5 Å². The minimum atomic E-state index is -0.823. The maximum Gasteiger partial charge on any atom is 0.282 e. The van der Waals surface area contributed by atoms with Gasteiger partial charge in [0.1, 0.15) is 11.3 Å². The van der Waals surface area contributed by atoms with E-state index in [4.69, 9.17) is 17.0 Å². The molecule has 0 aliphatic rings. The first kappa shape index (κ1) is 21.2. The van der Waals surface area contributed by atoms with Gasteiger partial charge < -0.3 is 4.74 Å². The molecule has 12 nitrogen and oxygen atoms in total. The number of hydrogen-bond acceptors (Lipinski definition) is 8. The van der Waals surface area contributed by atoms with Crippen LogP contribution in [0.4, 0.5) is 11.4 Å². The molecule has 0 aliphatic carbocycles. The monoisotopic (exact) mass is 419 g/mol. The highest BCUT2D eigenvalue weighted by Crippen LogP contribution is 2.17. The average molecular weight is 419 g/mol. The van der Waals surface area contributed by atoms with E-state index in [2.05, 4.69) is 16.2 Å². The van der Waals surface area contributed by atoms with Crippen LogP contribution in [-0.2, 0) is 4.79 Å². The molecule has 0 bridgehead atoms. The summed E-state index contributed by atoms with van der Waals surface area (Å²) in [5, 5.41) is 23.4. The Morgan fingerprint density at radius 3 is 2.24 bits per heavy atom. The number of nitrogens with one attached hydrogen (secondary N) is 3. The third-order valence-electron chi connectivity index (χ3n) is 3.31. The number of ether oxygens (including phenoxy) is 1. The number of benzene rings is 2. The molecular weight excluding hydrogens is 406 g/mol. The smallest absolute Gasteiger partial charge is 0.282 e. The summed E-state index contributed by atoms with van der Waals surface area (Å²) in [5.74, 6) is -1.26. The summed E-state index contributed by atoms with van der Waals surface area (Å²) in [4.78, 5) is 44.0. The molecule has 2 rings (SSSR count). The van der Waals surface area contributed by atoms with Crippen LogP contribution in [0.25, 0.3) is 0 Å². The van der Waals surface area contributed by atoms with Crippen molar-refractivity contribution in [1.82, 2.24) is 16.2 Å². The van der Waals surface area contributed by atoms with Crippen molar-refractivity contribution < 1.29 is 24.2 Å². The van der Waals surface area contributed by atoms with Gasteiger partial charge in [-0.2, -0.15) is 0 Å². The van der Waals surface area contributed by atoms with Crippen LogP contribution in [0.1, 0.15) is 10.4 Å². The molecule has 2 amide bonds. The van der Waals surface area contributed by atoms with Crippen molar-refractivity contribution in [2.24, 2.45) is 0 Å². The molecule has 0 fully saturated rings. The first-order valence-electron chi connectivity index (χ1n) is 7.78. The molecule has 0 atom stereocenters. The Morgan fingerprint density at radius 2 is 1.62 bits per heavy atom. The average Bonchev–Trinajstić information content (AvgIpc) is 2.70. The molecule has 0 saturated heterocycles. The highest BCUT2D eigenvalue weighted by atomic mass is 32.1. The normalized spacial score (nSPS) is 9.79. The minimum absolute atomic E-state index is 0.124. The molecule has 3 N–H and O–H groups in total. The lowest BCUT2D eigenvalue weighted by Crippen LogP contribution is -2.49. The highest BCUT2D eigenvalue weighted by molar-refractivity contribution is 7.80. The molecule has 0 radical (unpaired) electrons. The molecule has 0 aliphatic heterocycles. The summed E-state index contributed by atoms with van der Waals surface area (Å²) < 4.78 is 5.16. The van der Waals surface area contributed by atoms with E-state index in [1.165, 1.54) is 48.5 Å². The number of nitrogens with zero attached hydrogens (tertiary/aromatic N) is 2. The van der Waals surface area contributed by atoms with Crippen molar-refractivity contribution in [1.29, 1.82) is 0 Å². The fourth-order valence-electron chi connectivity index (χ4n) is 2.01. The van der Waals surface area contributed by atoms with E-state index in [0.717, 1.165) is 0 Å². The fourth-order valence-corrected chi connectivity index (χ4v) is 2.18. The van der Waals surface area contributed by atoms with Gasteiger partial charge in [-0.15, -0.1) is 0 Å². The van der Waals surface area contributed by atoms with Crippen LogP contribution in [0.3, 0.4) is 0 Å². The first-order valence-corrected chi connectivity index (χ1v) is 8.19. The second-order valence-corrected chi connectivity index (χ2v) is 5.68. The summed E-state index contributed by atoms with van der Waals surface area (Å²) in [6.45, 7) is -0.447. The number of thiocarbonyl (C=S) groups is 1. The van der Waals surface area contributed by atoms with Crippen molar-refractivity contribution in [2.45, 2.75) is 0 Å². The van der Waals surface area contributed by atoms with Gasteiger partial charge in [-0.3, -0.25) is 46.0 Å². The van der Waals surface area contributed by atoms with E-state index in [0.29, 0.717) is 0 Å². The van der Waals surface area contributed by atoms with Crippen LogP contribution in [0, 0.1) is 20.2 Å². The van der Waals surface area contributed by atoms with E-state index < -0.39 is 34.0 Å². The number of hydrazine groups is 1. The maximum atomic E-state index is 12.0. The Hall–Kier alpha value is -4.13. The molecule has 13 heteroatoms. The van der Waals surface area contributed by atoms with Crippen molar-refractivity contribution in [3.05, 3.63) is 74.3 Å². The summed E-state index contributed by atoms with van der Waals surface area (Å²) >= 11 is 4.84. The first-order chi connectivity index (χ1) is 13.8. The zero-order chi connectivity index (χ0) is 21.4. The topological polar surface area (TPSA) is 166 Å². The number of carbonyl (C=O) groups excluding carboxylic acids is 2. The minimum Gasteiger partial charge on any atom is -0.484 e. The van der Waals surface area contributed by atoms with E-state index in [9.17, 15) is 29.8 Å². The molecule has 2 aromatic rings. The van der Waals surface area contributed by atoms with Crippen LogP contribution < -0.4 is 20.9 Å². The van der Waals surface area contributed by atoms with Crippen molar-refractivity contribution in [3.8, 4) is 5.75 Å². The number of rotatable bonds is 6. The molecule has 0 saturated carbocycles. The van der Waals surface area contributed by atoms with Gasteiger partial charge in [0.15, 0.2) is 11.7 Å². The molecular formula is C16H13N5O7S. The largest absolute Gasteiger partial charge is 0.484 e. The van der Waals surface area contributed by atoms with Crippen LogP contribution in [0.15, 0.2) is 48.5 Å². The van der Waals surface area contributed by atoms with Crippen molar-refractivity contribution in [2.75, 3.05) is 6.61 Å². The molecule has 29 heavy (non-hydrogen) atoms. The number of nitro groups is 2. The molecule has 0 spiro atoms. The van der Waals surface area contributed by atoms with E-state index in [1.54, 1.807) is 0 Å². The lowest BCUT2D eigenvalue weighted by molar-refractivity contribution is -0.385. The van der Waals surface area contributed by atoms with Crippen LogP contribution in [0.2, 0.25) is 0 Å². The van der Waals surface area contributed by atoms with Gasteiger partial charge in [0, 0.05) is 18.2 Å². The van der Waals surface area contributed by atoms with Crippen LogP contribution >= 0.6 is 12.2 Å². The standard InChI is InChI=1S/C16H13N5O7S/c22-14(9-28-11-7-5-10(6-8-11)20(24)25)17-16(29)19-18-15(23)12-3-1-2-4-13(12)21(26)27/h1-8H,9H2,(H,18,23)(H2,17,19,22,29). The zero-order valence-electron chi connectivity index (χ0n) is 14.5. The molecule has 0 heterocycles. The Kier molecular flexibility index (Phi) is 7.08. The Bertz CT molecular complexity index is 964. The predicted molar refractivity (Wildman–Crippen MR) is 103 cm³/mol. The third-order valence-corrected chi connectivity index (χ3v) is 3.51. The molecule has 2 aromatic carbocycles. The lowest BCUT2D eigenvalue weighted by Gasteiger charge is -2.11. The summed E-state index contributed by atoms with van der Waals surface area (Å²) in [6, 6.07) is 10.4. The Labute approximate surface area is 168 Å². The zero-order valence-corrected chi connectivity index (χ0v) is 15.3. The second kappa shape index (κ2) is 9.70. The van der Waals surface area contributed by atoms with Crippen LogP contribution in [0.5, 0.6) is 5.75 Å². The quantitative estimate of drug-likeness (QED) is 0.354. The predicted octanol–water partition coefficient (Wildman–Crippen LogP) is 1.22. The van der Waals surface area contributed by atoms with E-state index in [-0.39, 0.29) is 22.1 Å². The van der Waals surface area contributed by atoms with E-state index >= 15 is 0 Å². The molecule has 0 unspecified atom stereocenters. The third kappa shape index (κ3) is 6.21. The van der Waals surface area contributed by atoms with E-state index in [1.807, 2.05) is 0 Å². The van der Waals surface area contributed by atoms with Gasteiger partial charge in [0.2, 0.25) is 0 Å². The number of carbonyl (C=O) groups is 2. The van der Waals surface area contributed by atoms with Gasteiger partial charge >= 0.3 is 0 Å². The highest BCUT2D eigenvalue weighted by Gasteiger charge is 2.19. The van der Waals surface area contributed by atoms with Gasteiger partial charge in [-0.25, -0.2) is 0 Å². The second-order valence-electron chi connectivity index (χ2n) is 5.27. The molecule has 150 valence electrons. The number of hydrogen-bond donors (Lipinski definition) is 3. The lowest BCUT2D eigenvalue weighted by atomic mass is 10.2. The number of non-ortho nitro benzene ring substituents is 1. The number of nitro benzene ring substituents is 2.